The van der Waals surface area contributed by atoms with Crippen LogP contribution in [0.5, 0.6) is 11.5 Å². The Morgan fingerprint density at radius 2 is 1.65 bits per heavy atom. The average molecular weight is 523 g/mol. The number of carbonyl (C=O) groups excluding carboxylic acids is 3. The zero-order valence-corrected chi connectivity index (χ0v) is 20.7. The van der Waals surface area contributed by atoms with Crippen molar-refractivity contribution in [2.75, 3.05) is 31.5 Å². The number of rotatable bonds is 8. The van der Waals surface area contributed by atoms with Gasteiger partial charge in [0.05, 0.1) is 35.4 Å². The molecule has 2 aromatic carbocycles. The van der Waals surface area contributed by atoms with E-state index in [9.17, 15) is 14.4 Å². The van der Waals surface area contributed by atoms with Gasteiger partial charge in [-0.2, -0.15) is 0 Å². The van der Waals surface area contributed by atoms with Crippen molar-refractivity contribution >= 4 is 63.0 Å². The molecule has 8 nitrogen and oxygen atoms in total. The van der Waals surface area contributed by atoms with Crippen LogP contribution in [0.3, 0.4) is 0 Å². The molecule has 0 spiro atoms. The first-order valence-corrected chi connectivity index (χ1v) is 11.4. The van der Waals surface area contributed by atoms with E-state index < -0.39 is 17.8 Å². The molecule has 0 aliphatic rings. The van der Waals surface area contributed by atoms with Crippen molar-refractivity contribution in [1.82, 2.24) is 0 Å². The van der Waals surface area contributed by atoms with Crippen LogP contribution in [-0.2, 0) is 9.53 Å². The van der Waals surface area contributed by atoms with Gasteiger partial charge in [-0.15, -0.1) is 11.3 Å². The number of esters is 1. The van der Waals surface area contributed by atoms with Crippen LogP contribution in [-0.4, -0.2) is 38.6 Å². The van der Waals surface area contributed by atoms with E-state index in [1.807, 2.05) is 0 Å². The van der Waals surface area contributed by atoms with E-state index >= 15 is 0 Å². The van der Waals surface area contributed by atoms with E-state index in [-0.39, 0.29) is 22.0 Å². The summed E-state index contributed by atoms with van der Waals surface area (Å²) >= 11 is 13.0. The molecule has 2 N–H and O–H groups in total. The summed E-state index contributed by atoms with van der Waals surface area (Å²) in [5.74, 6) is -0.623. The van der Waals surface area contributed by atoms with Crippen molar-refractivity contribution < 1.29 is 28.6 Å². The predicted molar refractivity (Wildman–Crippen MR) is 132 cm³/mol. The van der Waals surface area contributed by atoms with Gasteiger partial charge in [0, 0.05) is 5.02 Å². The second-order valence-electron chi connectivity index (χ2n) is 6.84. The molecule has 0 saturated heterocycles. The molecule has 0 bridgehead atoms. The summed E-state index contributed by atoms with van der Waals surface area (Å²) in [6, 6.07) is 11.4. The van der Waals surface area contributed by atoms with Gasteiger partial charge >= 0.3 is 5.97 Å². The number of hydrogen-bond acceptors (Lipinski definition) is 7. The van der Waals surface area contributed by atoms with E-state index in [2.05, 4.69) is 10.6 Å². The molecule has 3 aromatic rings. The number of methoxy groups -OCH3 is 2. The van der Waals surface area contributed by atoms with E-state index in [1.165, 1.54) is 13.2 Å². The second-order valence-corrected chi connectivity index (χ2v) is 8.71. The van der Waals surface area contributed by atoms with Crippen molar-refractivity contribution in [2.45, 2.75) is 6.92 Å². The molecule has 1 heterocycles. The monoisotopic (exact) mass is 522 g/mol. The first kappa shape index (κ1) is 25.4. The minimum absolute atomic E-state index is 0.0765. The Balaban J connectivity index is 1.78. The molecule has 0 fully saturated rings. The fraction of sp³-hybridized carbons (Fsp3) is 0.174. The van der Waals surface area contributed by atoms with Gasteiger partial charge in [-0.25, -0.2) is 4.79 Å². The molecule has 0 atom stereocenters. The standard InChI is InChI=1S/C23H20Cl2N2O6S/c1-12-19(23(30)32-3)22(27-18(28)11-33-15-7-5-14(31-2)6-8-15)34-20(12)21(29)26-17-10-13(24)4-9-16(17)25/h4-10H,11H2,1-3H3,(H,26,29)(H,27,28). The molecule has 0 unspecified atom stereocenters. The number of thiophene rings is 1. The number of ether oxygens (including phenoxy) is 3. The number of amides is 2. The minimum atomic E-state index is -0.694. The Bertz CT molecular complexity index is 1230. The van der Waals surface area contributed by atoms with Crippen molar-refractivity contribution in [1.29, 1.82) is 0 Å². The highest BCUT2D eigenvalue weighted by Crippen LogP contribution is 2.35. The third-order valence-electron chi connectivity index (χ3n) is 4.60. The number of anilines is 2. The zero-order valence-electron chi connectivity index (χ0n) is 18.4. The number of halogens is 2. The quantitative estimate of drug-likeness (QED) is 0.382. The van der Waals surface area contributed by atoms with Crippen LogP contribution < -0.4 is 20.1 Å². The SMILES string of the molecule is COC(=O)c1c(NC(=O)COc2ccc(OC)cc2)sc(C(=O)Nc2cc(Cl)ccc2Cl)c1C. The van der Waals surface area contributed by atoms with E-state index in [0.29, 0.717) is 32.8 Å². The Hall–Kier alpha value is -3.27. The predicted octanol–water partition coefficient (Wildman–Crippen LogP) is 5.43. The summed E-state index contributed by atoms with van der Waals surface area (Å²) in [5.41, 5.74) is 0.733. The van der Waals surface area contributed by atoms with Crippen molar-refractivity contribution in [3.63, 3.8) is 0 Å². The molecular formula is C23H20Cl2N2O6S. The van der Waals surface area contributed by atoms with Gasteiger partial charge in [0.15, 0.2) is 6.61 Å². The highest BCUT2D eigenvalue weighted by Gasteiger charge is 2.27. The van der Waals surface area contributed by atoms with Crippen LogP contribution in [0.25, 0.3) is 0 Å². The lowest BCUT2D eigenvalue weighted by molar-refractivity contribution is -0.118. The van der Waals surface area contributed by atoms with Crippen LogP contribution in [0.1, 0.15) is 25.6 Å². The van der Waals surface area contributed by atoms with Gasteiger partial charge in [0.2, 0.25) is 0 Å². The van der Waals surface area contributed by atoms with E-state index in [1.54, 1.807) is 50.4 Å². The van der Waals surface area contributed by atoms with Gasteiger partial charge in [0.1, 0.15) is 16.5 Å². The number of hydrogen-bond donors (Lipinski definition) is 2. The average Bonchev–Trinajstić information content (AvgIpc) is 3.15. The fourth-order valence-electron chi connectivity index (χ4n) is 2.92. The van der Waals surface area contributed by atoms with E-state index in [0.717, 1.165) is 11.3 Å². The lowest BCUT2D eigenvalue weighted by Gasteiger charge is -2.08. The van der Waals surface area contributed by atoms with Crippen molar-refractivity contribution in [2.24, 2.45) is 0 Å². The Morgan fingerprint density at radius 3 is 2.29 bits per heavy atom. The van der Waals surface area contributed by atoms with Crippen molar-refractivity contribution in [3.8, 4) is 11.5 Å². The zero-order chi connectivity index (χ0) is 24.8. The summed E-state index contributed by atoms with van der Waals surface area (Å²) in [7, 11) is 2.76. The molecular weight excluding hydrogens is 503 g/mol. The van der Waals surface area contributed by atoms with Gasteiger partial charge in [-0.3, -0.25) is 9.59 Å². The molecule has 0 aliphatic heterocycles. The van der Waals surface area contributed by atoms with E-state index in [4.69, 9.17) is 37.4 Å². The highest BCUT2D eigenvalue weighted by atomic mass is 35.5. The summed E-state index contributed by atoms with van der Waals surface area (Å²) in [6.45, 7) is 1.27. The third kappa shape index (κ3) is 5.99. The first-order chi connectivity index (χ1) is 16.2. The van der Waals surface area contributed by atoms with Crippen LogP contribution in [0, 0.1) is 6.92 Å². The number of carbonyl (C=O) groups is 3. The maximum atomic E-state index is 12.9. The maximum Gasteiger partial charge on any atom is 0.341 e. The van der Waals surface area contributed by atoms with Gasteiger partial charge in [-0.1, -0.05) is 23.2 Å². The smallest absolute Gasteiger partial charge is 0.341 e. The number of benzene rings is 2. The van der Waals surface area contributed by atoms with Gasteiger partial charge in [0.25, 0.3) is 11.8 Å². The second kappa shape index (κ2) is 11.2. The van der Waals surface area contributed by atoms with Crippen molar-refractivity contribution in [3.05, 3.63) is 68.5 Å². The molecule has 1 aromatic heterocycles. The molecule has 2 amide bonds. The normalized spacial score (nSPS) is 10.4. The molecule has 178 valence electrons. The summed E-state index contributed by atoms with van der Waals surface area (Å²) in [4.78, 5) is 38.0. The highest BCUT2D eigenvalue weighted by molar-refractivity contribution is 7.19. The largest absolute Gasteiger partial charge is 0.497 e. The van der Waals surface area contributed by atoms with Crippen LogP contribution in [0.4, 0.5) is 10.7 Å². The maximum absolute atomic E-state index is 12.9. The minimum Gasteiger partial charge on any atom is -0.497 e. The lowest BCUT2D eigenvalue weighted by atomic mass is 10.1. The molecule has 0 radical (unpaired) electrons. The molecule has 0 saturated carbocycles. The summed E-state index contributed by atoms with van der Waals surface area (Å²) < 4.78 is 15.4. The lowest BCUT2D eigenvalue weighted by Crippen LogP contribution is -2.21. The van der Waals surface area contributed by atoms with Crippen LogP contribution >= 0.6 is 34.5 Å². The van der Waals surface area contributed by atoms with Crippen LogP contribution in [0.15, 0.2) is 42.5 Å². The third-order valence-corrected chi connectivity index (χ3v) is 6.37. The summed E-state index contributed by atoms with van der Waals surface area (Å²) in [5, 5.41) is 6.14. The Labute approximate surface area is 209 Å². The first-order valence-electron chi connectivity index (χ1n) is 9.78. The molecule has 34 heavy (non-hydrogen) atoms. The summed E-state index contributed by atoms with van der Waals surface area (Å²) in [6.07, 6.45) is 0. The molecule has 11 heteroatoms. The molecule has 3 rings (SSSR count). The van der Waals surface area contributed by atoms with Gasteiger partial charge < -0.3 is 24.8 Å². The Morgan fingerprint density at radius 1 is 0.971 bits per heavy atom. The number of nitrogens with one attached hydrogen (secondary N) is 2. The topological polar surface area (TPSA) is 103 Å². The Kier molecular flexibility index (Phi) is 8.38. The van der Waals surface area contributed by atoms with Gasteiger partial charge in [-0.05, 0) is 55.0 Å². The van der Waals surface area contributed by atoms with Crippen LogP contribution in [0.2, 0.25) is 10.0 Å². The molecule has 0 aliphatic carbocycles. The fourth-order valence-corrected chi connectivity index (χ4v) is 4.37.